The molecule has 0 aliphatic rings. The highest BCUT2D eigenvalue weighted by molar-refractivity contribution is 5.85. The van der Waals surface area contributed by atoms with Crippen LogP contribution < -0.4 is 4.74 Å². The average molecular weight is 197 g/mol. The van der Waals surface area contributed by atoms with Gasteiger partial charge in [-0.2, -0.15) is 0 Å². The maximum absolute atomic E-state index is 10.5. The molecular formula is C9H11NO4. The molecular weight excluding hydrogens is 186 g/mol. The van der Waals surface area contributed by atoms with Crippen molar-refractivity contribution in [3.05, 3.63) is 18.0 Å². The van der Waals surface area contributed by atoms with Gasteiger partial charge in [-0.1, -0.05) is 6.92 Å². The fraction of sp³-hybridized carbons (Fsp3) is 0.333. The Bertz CT molecular complexity index is 338. The minimum absolute atomic E-state index is 0.145. The second-order valence-electron chi connectivity index (χ2n) is 2.69. The van der Waals surface area contributed by atoms with Crippen LogP contribution in [0, 0.1) is 0 Å². The van der Waals surface area contributed by atoms with Crippen LogP contribution in [-0.4, -0.2) is 27.8 Å². The number of aromatic carboxylic acids is 1. The molecule has 0 aliphatic carbocycles. The van der Waals surface area contributed by atoms with E-state index in [1.54, 1.807) is 0 Å². The Kier molecular flexibility index (Phi) is 3.28. The van der Waals surface area contributed by atoms with Crippen molar-refractivity contribution in [2.24, 2.45) is 0 Å². The Balaban J connectivity index is 2.90. The van der Waals surface area contributed by atoms with E-state index in [0.717, 1.165) is 12.6 Å². The van der Waals surface area contributed by atoms with Crippen LogP contribution >= 0.6 is 0 Å². The van der Waals surface area contributed by atoms with Crippen LogP contribution in [0.2, 0.25) is 0 Å². The molecule has 0 radical (unpaired) electrons. The molecule has 0 fully saturated rings. The zero-order chi connectivity index (χ0) is 10.6. The van der Waals surface area contributed by atoms with Crippen molar-refractivity contribution in [1.82, 2.24) is 4.98 Å². The molecule has 1 rings (SSSR count). The summed E-state index contributed by atoms with van der Waals surface area (Å²) in [6.07, 6.45) is 1.85. The summed E-state index contributed by atoms with van der Waals surface area (Å²) in [7, 11) is 0. The highest BCUT2D eigenvalue weighted by Gasteiger charge is 2.09. The maximum atomic E-state index is 10.5. The van der Waals surface area contributed by atoms with Crippen LogP contribution in [0.3, 0.4) is 0 Å². The monoisotopic (exact) mass is 197 g/mol. The number of hydrogen-bond acceptors (Lipinski definition) is 4. The second-order valence-corrected chi connectivity index (χ2v) is 2.69. The Labute approximate surface area is 81.0 Å². The summed E-state index contributed by atoms with van der Waals surface area (Å²) in [4.78, 5) is 14.1. The van der Waals surface area contributed by atoms with Gasteiger partial charge in [-0.3, -0.25) is 0 Å². The number of aromatic hydroxyl groups is 1. The highest BCUT2D eigenvalue weighted by Crippen LogP contribution is 2.25. The van der Waals surface area contributed by atoms with Gasteiger partial charge < -0.3 is 14.9 Å². The van der Waals surface area contributed by atoms with Gasteiger partial charge in [-0.05, 0) is 6.42 Å². The van der Waals surface area contributed by atoms with Gasteiger partial charge in [0.25, 0.3) is 0 Å². The second kappa shape index (κ2) is 4.45. The van der Waals surface area contributed by atoms with E-state index in [9.17, 15) is 9.90 Å². The molecule has 0 atom stereocenters. The molecule has 14 heavy (non-hydrogen) atoms. The number of carboxylic acid groups (broad SMARTS) is 1. The molecule has 0 saturated heterocycles. The predicted molar refractivity (Wildman–Crippen MR) is 48.6 cm³/mol. The molecule has 0 aromatic carbocycles. The fourth-order valence-electron chi connectivity index (χ4n) is 0.874. The van der Waals surface area contributed by atoms with Crippen molar-refractivity contribution >= 4 is 5.97 Å². The molecule has 0 aliphatic heterocycles. The molecule has 5 nitrogen and oxygen atoms in total. The normalized spacial score (nSPS) is 9.79. The molecule has 1 heterocycles. The first-order valence-electron chi connectivity index (χ1n) is 4.20. The topological polar surface area (TPSA) is 79.7 Å². The Morgan fingerprint density at radius 3 is 2.93 bits per heavy atom. The summed E-state index contributed by atoms with van der Waals surface area (Å²) >= 11 is 0. The SMILES string of the molecule is CCCOc1cc(C(=O)O)ncc1O. The van der Waals surface area contributed by atoms with E-state index < -0.39 is 5.97 Å². The van der Waals surface area contributed by atoms with E-state index in [-0.39, 0.29) is 17.2 Å². The minimum Gasteiger partial charge on any atom is -0.503 e. The van der Waals surface area contributed by atoms with Gasteiger partial charge in [0.2, 0.25) is 0 Å². The third-order valence-electron chi connectivity index (χ3n) is 1.53. The Morgan fingerprint density at radius 2 is 2.36 bits per heavy atom. The molecule has 0 saturated carbocycles. The summed E-state index contributed by atoms with van der Waals surface area (Å²) in [5.74, 6) is -1.14. The van der Waals surface area contributed by atoms with Gasteiger partial charge in [-0.15, -0.1) is 0 Å². The third-order valence-corrected chi connectivity index (χ3v) is 1.53. The fourth-order valence-corrected chi connectivity index (χ4v) is 0.874. The standard InChI is InChI=1S/C9H11NO4/c1-2-3-14-8-4-6(9(12)13)10-5-7(8)11/h4-5,11H,2-3H2,1H3,(H,12,13). The van der Waals surface area contributed by atoms with E-state index in [0.29, 0.717) is 6.61 Å². The van der Waals surface area contributed by atoms with Gasteiger partial charge in [-0.25, -0.2) is 9.78 Å². The van der Waals surface area contributed by atoms with E-state index in [4.69, 9.17) is 9.84 Å². The quantitative estimate of drug-likeness (QED) is 0.759. The van der Waals surface area contributed by atoms with Crippen molar-refractivity contribution in [3.63, 3.8) is 0 Å². The van der Waals surface area contributed by atoms with Crippen LogP contribution in [0.15, 0.2) is 12.3 Å². The lowest BCUT2D eigenvalue weighted by molar-refractivity contribution is 0.0690. The lowest BCUT2D eigenvalue weighted by atomic mass is 10.3. The number of pyridine rings is 1. The van der Waals surface area contributed by atoms with Crippen molar-refractivity contribution in [2.75, 3.05) is 6.61 Å². The van der Waals surface area contributed by atoms with Gasteiger partial charge >= 0.3 is 5.97 Å². The largest absolute Gasteiger partial charge is 0.503 e. The van der Waals surface area contributed by atoms with Crippen molar-refractivity contribution < 1.29 is 19.7 Å². The van der Waals surface area contributed by atoms with Crippen LogP contribution in [0.1, 0.15) is 23.8 Å². The van der Waals surface area contributed by atoms with E-state index in [1.807, 2.05) is 6.92 Å². The molecule has 0 unspecified atom stereocenters. The number of hydrogen-bond donors (Lipinski definition) is 2. The first-order chi connectivity index (χ1) is 6.65. The molecule has 1 aromatic rings. The lowest BCUT2D eigenvalue weighted by Gasteiger charge is -2.06. The van der Waals surface area contributed by atoms with Gasteiger partial charge in [0.15, 0.2) is 17.2 Å². The smallest absolute Gasteiger partial charge is 0.354 e. The number of rotatable bonds is 4. The van der Waals surface area contributed by atoms with Crippen molar-refractivity contribution in [2.45, 2.75) is 13.3 Å². The average Bonchev–Trinajstić information content (AvgIpc) is 2.16. The van der Waals surface area contributed by atoms with E-state index in [2.05, 4.69) is 4.98 Å². The summed E-state index contributed by atoms with van der Waals surface area (Å²) < 4.78 is 5.12. The predicted octanol–water partition coefficient (Wildman–Crippen LogP) is 1.27. The van der Waals surface area contributed by atoms with Crippen molar-refractivity contribution in [1.29, 1.82) is 0 Å². The summed E-state index contributed by atoms with van der Waals surface area (Å²) in [5, 5.41) is 17.9. The molecule has 5 heteroatoms. The maximum Gasteiger partial charge on any atom is 0.354 e. The number of aromatic nitrogens is 1. The molecule has 0 spiro atoms. The van der Waals surface area contributed by atoms with Gasteiger partial charge in [0, 0.05) is 6.07 Å². The van der Waals surface area contributed by atoms with Gasteiger partial charge in [0.1, 0.15) is 0 Å². The van der Waals surface area contributed by atoms with Crippen LogP contribution in [0.4, 0.5) is 0 Å². The number of ether oxygens (including phenoxy) is 1. The Morgan fingerprint density at radius 1 is 1.64 bits per heavy atom. The molecule has 0 bridgehead atoms. The number of carbonyl (C=O) groups is 1. The summed E-state index contributed by atoms with van der Waals surface area (Å²) in [6.45, 7) is 2.34. The molecule has 76 valence electrons. The summed E-state index contributed by atoms with van der Waals surface area (Å²) in [6, 6.07) is 1.20. The van der Waals surface area contributed by atoms with Crippen LogP contribution in [0.5, 0.6) is 11.5 Å². The highest BCUT2D eigenvalue weighted by atomic mass is 16.5. The lowest BCUT2D eigenvalue weighted by Crippen LogP contribution is -2.02. The number of nitrogens with zero attached hydrogens (tertiary/aromatic N) is 1. The van der Waals surface area contributed by atoms with Crippen LogP contribution in [0.25, 0.3) is 0 Å². The van der Waals surface area contributed by atoms with Crippen molar-refractivity contribution in [3.8, 4) is 11.5 Å². The zero-order valence-electron chi connectivity index (χ0n) is 7.73. The first kappa shape index (κ1) is 10.3. The van der Waals surface area contributed by atoms with Crippen LogP contribution in [-0.2, 0) is 0 Å². The Hall–Kier alpha value is -1.78. The minimum atomic E-state index is -1.15. The zero-order valence-corrected chi connectivity index (χ0v) is 7.73. The number of carboxylic acids is 1. The molecule has 0 amide bonds. The third kappa shape index (κ3) is 2.35. The van der Waals surface area contributed by atoms with E-state index in [1.165, 1.54) is 6.07 Å². The first-order valence-corrected chi connectivity index (χ1v) is 4.20. The summed E-state index contributed by atoms with van der Waals surface area (Å²) in [5.41, 5.74) is -0.145. The van der Waals surface area contributed by atoms with E-state index >= 15 is 0 Å². The molecule has 1 aromatic heterocycles. The molecule has 2 N–H and O–H groups in total. The van der Waals surface area contributed by atoms with Gasteiger partial charge in [0.05, 0.1) is 12.8 Å².